The maximum Gasteiger partial charge on any atom is 0.286 e. The molecule has 178 valence electrons. The Balaban J connectivity index is 1.85. The van der Waals surface area contributed by atoms with E-state index >= 15 is 0 Å². The van der Waals surface area contributed by atoms with Gasteiger partial charge in [-0.15, -0.1) is 0 Å². The first-order chi connectivity index (χ1) is 15.9. The van der Waals surface area contributed by atoms with Gasteiger partial charge in [-0.25, -0.2) is 0 Å². The molecule has 1 aliphatic rings. The molecule has 1 N–H and O–H groups in total. The van der Waals surface area contributed by atoms with Gasteiger partial charge in [-0.2, -0.15) is 0 Å². The van der Waals surface area contributed by atoms with E-state index in [-0.39, 0.29) is 42.1 Å². The Morgan fingerprint density at radius 2 is 2.00 bits per heavy atom. The van der Waals surface area contributed by atoms with Crippen molar-refractivity contribution >= 4 is 28.9 Å². The number of benzene rings is 2. The number of nitrogens with zero attached hydrogens (tertiary/aromatic N) is 1. The van der Waals surface area contributed by atoms with Crippen LogP contribution in [-0.4, -0.2) is 57.6 Å². The molecule has 2 aromatic carbocycles. The van der Waals surface area contributed by atoms with E-state index < -0.39 is 16.5 Å². The van der Waals surface area contributed by atoms with Crippen molar-refractivity contribution in [3.63, 3.8) is 0 Å². The van der Waals surface area contributed by atoms with Crippen molar-refractivity contribution in [1.82, 2.24) is 0 Å². The standard InChI is InChI=1S/C22H25ClN2O8/c1-29-8-9-32-21-12-18(25(27)28)16(11-20(21)30-2)22(26)24-17-10-14(23)5-6-19(17)33-13-15-4-3-7-31-15/h5-6,10-12,15H,3-4,7-9,13H2,1-2H3,(H,24,26). The van der Waals surface area contributed by atoms with Crippen molar-refractivity contribution in [1.29, 1.82) is 0 Å². The first-order valence-electron chi connectivity index (χ1n) is 10.3. The van der Waals surface area contributed by atoms with Gasteiger partial charge >= 0.3 is 0 Å². The van der Waals surface area contributed by atoms with E-state index in [9.17, 15) is 14.9 Å². The molecule has 1 atom stereocenters. The lowest BCUT2D eigenvalue weighted by Gasteiger charge is -2.16. The molecule has 2 aromatic rings. The lowest BCUT2D eigenvalue weighted by atomic mass is 10.1. The van der Waals surface area contributed by atoms with E-state index in [1.54, 1.807) is 12.1 Å². The quantitative estimate of drug-likeness (QED) is 0.290. The number of nitro benzene ring substituents is 1. The van der Waals surface area contributed by atoms with Crippen molar-refractivity contribution in [2.24, 2.45) is 0 Å². The first kappa shape index (κ1) is 24.6. The first-order valence-corrected chi connectivity index (χ1v) is 10.6. The summed E-state index contributed by atoms with van der Waals surface area (Å²) in [4.78, 5) is 24.1. The molecule has 1 saturated heterocycles. The van der Waals surface area contributed by atoms with Gasteiger partial charge in [0.2, 0.25) is 0 Å². The monoisotopic (exact) mass is 480 g/mol. The Hall–Kier alpha value is -3.08. The lowest BCUT2D eigenvalue weighted by Crippen LogP contribution is -2.18. The van der Waals surface area contributed by atoms with Crippen LogP contribution in [0.1, 0.15) is 23.2 Å². The third-order valence-corrected chi connectivity index (χ3v) is 5.14. The van der Waals surface area contributed by atoms with Gasteiger partial charge in [-0.1, -0.05) is 11.6 Å². The number of carbonyl (C=O) groups is 1. The van der Waals surface area contributed by atoms with Crippen molar-refractivity contribution in [2.75, 3.05) is 46.0 Å². The third kappa shape index (κ3) is 6.47. The van der Waals surface area contributed by atoms with Crippen LogP contribution >= 0.6 is 11.6 Å². The van der Waals surface area contributed by atoms with Gasteiger partial charge < -0.3 is 29.0 Å². The van der Waals surface area contributed by atoms with Crippen LogP contribution in [0, 0.1) is 10.1 Å². The van der Waals surface area contributed by atoms with Crippen LogP contribution in [0.3, 0.4) is 0 Å². The number of halogens is 1. The lowest BCUT2D eigenvalue weighted by molar-refractivity contribution is -0.385. The number of ether oxygens (including phenoxy) is 5. The van der Waals surface area contributed by atoms with E-state index in [4.69, 9.17) is 35.3 Å². The summed E-state index contributed by atoms with van der Waals surface area (Å²) < 4.78 is 27.1. The Morgan fingerprint density at radius 1 is 1.18 bits per heavy atom. The average molecular weight is 481 g/mol. The molecule has 33 heavy (non-hydrogen) atoms. The Bertz CT molecular complexity index is 995. The zero-order valence-electron chi connectivity index (χ0n) is 18.3. The molecule has 0 saturated carbocycles. The topological polar surface area (TPSA) is 118 Å². The molecule has 0 bridgehead atoms. The molecule has 11 heteroatoms. The van der Waals surface area contributed by atoms with Gasteiger partial charge in [0.1, 0.15) is 24.5 Å². The number of hydrogen-bond donors (Lipinski definition) is 1. The molecule has 0 aromatic heterocycles. The smallest absolute Gasteiger partial charge is 0.286 e. The van der Waals surface area contributed by atoms with E-state index in [0.717, 1.165) is 18.9 Å². The maximum atomic E-state index is 13.0. The van der Waals surface area contributed by atoms with E-state index in [1.807, 2.05) is 0 Å². The minimum absolute atomic E-state index is 0.0276. The fourth-order valence-corrected chi connectivity index (χ4v) is 3.44. The van der Waals surface area contributed by atoms with E-state index in [1.165, 1.54) is 26.4 Å². The summed E-state index contributed by atoms with van der Waals surface area (Å²) in [6, 6.07) is 7.16. The Kier molecular flexibility index (Phi) is 8.70. The highest BCUT2D eigenvalue weighted by Gasteiger charge is 2.26. The average Bonchev–Trinajstić information content (AvgIpc) is 3.32. The molecule has 10 nitrogen and oxygen atoms in total. The largest absolute Gasteiger partial charge is 0.493 e. The number of rotatable bonds is 11. The summed E-state index contributed by atoms with van der Waals surface area (Å²) in [5.41, 5.74) is -0.371. The van der Waals surface area contributed by atoms with Crippen LogP contribution in [0.4, 0.5) is 11.4 Å². The van der Waals surface area contributed by atoms with E-state index in [2.05, 4.69) is 5.32 Å². The number of carbonyl (C=O) groups excluding carboxylic acids is 1. The van der Waals surface area contributed by atoms with Gasteiger partial charge in [0.25, 0.3) is 11.6 Å². The van der Waals surface area contributed by atoms with E-state index in [0.29, 0.717) is 24.0 Å². The second kappa shape index (κ2) is 11.7. The zero-order valence-corrected chi connectivity index (χ0v) is 19.1. The molecule has 0 aliphatic carbocycles. The van der Waals surface area contributed by atoms with Gasteiger partial charge in [-0.05, 0) is 31.0 Å². The number of anilines is 1. The van der Waals surface area contributed by atoms with Crippen molar-refractivity contribution in [3.8, 4) is 17.2 Å². The molecule has 1 heterocycles. The summed E-state index contributed by atoms with van der Waals surface area (Å²) in [5.74, 6) is -0.0611. The summed E-state index contributed by atoms with van der Waals surface area (Å²) in [6.45, 7) is 1.44. The highest BCUT2D eigenvalue weighted by atomic mass is 35.5. The van der Waals surface area contributed by atoms with Gasteiger partial charge in [-0.3, -0.25) is 14.9 Å². The highest BCUT2D eigenvalue weighted by molar-refractivity contribution is 6.31. The SMILES string of the molecule is COCCOc1cc([N+](=O)[O-])c(C(=O)Nc2cc(Cl)ccc2OCC2CCCO2)cc1OC. The fraction of sp³-hybridized carbons (Fsp3) is 0.409. The molecular formula is C22H25ClN2O8. The minimum Gasteiger partial charge on any atom is -0.493 e. The second-order valence-corrected chi connectivity index (χ2v) is 7.60. The van der Waals surface area contributed by atoms with Crippen molar-refractivity contribution in [2.45, 2.75) is 18.9 Å². The van der Waals surface area contributed by atoms with Gasteiger partial charge in [0, 0.05) is 24.8 Å². The van der Waals surface area contributed by atoms with Crippen LogP contribution in [0.15, 0.2) is 30.3 Å². The Labute approximate surface area is 195 Å². The normalized spacial score (nSPS) is 15.2. The molecule has 1 fully saturated rings. The number of nitro groups is 1. The number of methoxy groups -OCH3 is 2. The molecule has 0 spiro atoms. The maximum absolute atomic E-state index is 13.0. The van der Waals surface area contributed by atoms with Gasteiger partial charge in [0.05, 0.1) is 36.5 Å². The molecule has 3 rings (SSSR count). The summed E-state index contributed by atoms with van der Waals surface area (Å²) in [7, 11) is 2.88. The molecular weight excluding hydrogens is 456 g/mol. The summed E-state index contributed by atoms with van der Waals surface area (Å²) in [5, 5.41) is 14.7. The second-order valence-electron chi connectivity index (χ2n) is 7.16. The predicted octanol–water partition coefficient (Wildman–Crippen LogP) is 4.09. The fourth-order valence-electron chi connectivity index (χ4n) is 3.26. The predicted molar refractivity (Wildman–Crippen MR) is 121 cm³/mol. The van der Waals surface area contributed by atoms with Crippen LogP contribution < -0.4 is 19.5 Å². The third-order valence-electron chi connectivity index (χ3n) is 4.91. The van der Waals surface area contributed by atoms with Crippen LogP contribution in [-0.2, 0) is 9.47 Å². The van der Waals surface area contributed by atoms with Gasteiger partial charge in [0.15, 0.2) is 11.5 Å². The molecule has 1 unspecified atom stereocenters. The number of hydrogen-bond acceptors (Lipinski definition) is 8. The van der Waals surface area contributed by atoms with Crippen molar-refractivity contribution < 1.29 is 33.4 Å². The number of amides is 1. The molecule has 0 radical (unpaired) electrons. The van der Waals surface area contributed by atoms with Crippen LogP contribution in [0.25, 0.3) is 0 Å². The summed E-state index contributed by atoms with van der Waals surface area (Å²) >= 11 is 6.10. The minimum atomic E-state index is -0.729. The number of nitrogens with one attached hydrogen (secondary N) is 1. The van der Waals surface area contributed by atoms with Crippen LogP contribution in [0.5, 0.6) is 17.2 Å². The van der Waals surface area contributed by atoms with Crippen molar-refractivity contribution in [3.05, 3.63) is 51.0 Å². The van der Waals surface area contributed by atoms with Crippen LogP contribution in [0.2, 0.25) is 5.02 Å². The Morgan fingerprint density at radius 3 is 2.67 bits per heavy atom. The highest BCUT2D eigenvalue weighted by Crippen LogP contribution is 2.36. The molecule has 1 amide bonds. The molecule has 1 aliphatic heterocycles. The summed E-state index contributed by atoms with van der Waals surface area (Å²) in [6.07, 6.45) is 1.83. The zero-order chi connectivity index (χ0) is 23.8.